The minimum absolute atomic E-state index is 0.306. The SMILES string of the molecule is Cc1ccc(OC(=O)C=Cc2ccc(F)cc2)cc1C. The Balaban J connectivity index is 2.01. The van der Waals surface area contributed by atoms with Crippen molar-refractivity contribution in [3.63, 3.8) is 0 Å². The number of carbonyl (C=O) groups is 1. The third-order valence-corrected chi connectivity index (χ3v) is 2.98. The summed E-state index contributed by atoms with van der Waals surface area (Å²) in [7, 11) is 0. The molecule has 0 bridgehead atoms. The molecule has 0 unspecified atom stereocenters. The van der Waals surface area contributed by atoms with Gasteiger partial charge in [-0.25, -0.2) is 9.18 Å². The van der Waals surface area contributed by atoms with Gasteiger partial charge in [-0.05, 0) is 60.9 Å². The van der Waals surface area contributed by atoms with Crippen molar-refractivity contribution < 1.29 is 13.9 Å². The molecule has 0 saturated heterocycles. The predicted molar refractivity (Wildman–Crippen MR) is 77.0 cm³/mol. The number of rotatable bonds is 3. The lowest BCUT2D eigenvalue weighted by Gasteiger charge is -2.04. The molecule has 0 spiro atoms. The summed E-state index contributed by atoms with van der Waals surface area (Å²) in [5.74, 6) is -0.251. The van der Waals surface area contributed by atoms with Gasteiger partial charge in [-0.2, -0.15) is 0 Å². The van der Waals surface area contributed by atoms with Crippen molar-refractivity contribution in [2.75, 3.05) is 0 Å². The zero-order valence-electron chi connectivity index (χ0n) is 11.4. The van der Waals surface area contributed by atoms with E-state index in [1.54, 1.807) is 24.3 Å². The first-order chi connectivity index (χ1) is 9.54. The largest absolute Gasteiger partial charge is 0.423 e. The molecule has 0 fully saturated rings. The van der Waals surface area contributed by atoms with Crippen LogP contribution in [0.25, 0.3) is 6.08 Å². The summed E-state index contributed by atoms with van der Waals surface area (Å²) < 4.78 is 17.9. The van der Waals surface area contributed by atoms with Crippen molar-refractivity contribution in [3.8, 4) is 5.75 Å². The second kappa shape index (κ2) is 6.15. The van der Waals surface area contributed by atoms with Crippen LogP contribution in [-0.2, 0) is 4.79 Å². The van der Waals surface area contributed by atoms with E-state index in [2.05, 4.69) is 0 Å². The number of halogens is 1. The van der Waals surface area contributed by atoms with Crippen molar-refractivity contribution >= 4 is 12.0 Å². The number of esters is 1. The molecule has 0 aliphatic carbocycles. The van der Waals surface area contributed by atoms with Crippen LogP contribution in [0, 0.1) is 19.7 Å². The van der Waals surface area contributed by atoms with Crippen molar-refractivity contribution in [2.45, 2.75) is 13.8 Å². The highest BCUT2D eigenvalue weighted by molar-refractivity contribution is 5.88. The monoisotopic (exact) mass is 270 g/mol. The molecule has 2 rings (SSSR count). The second-order valence-electron chi connectivity index (χ2n) is 4.55. The van der Waals surface area contributed by atoms with Crippen molar-refractivity contribution in [2.24, 2.45) is 0 Å². The second-order valence-corrected chi connectivity index (χ2v) is 4.55. The van der Waals surface area contributed by atoms with Crippen LogP contribution in [-0.4, -0.2) is 5.97 Å². The van der Waals surface area contributed by atoms with E-state index >= 15 is 0 Å². The van der Waals surface area contributed by atoms with Gasteiger partial charge in [-0.3, -0.25) is 0 Å². The molecule has 0 N–H and O–H groups in total. The molecule has 0 atom stereocenters. The minimum Gasteiger partial charge on any atom is -0.423 e. The Hall–Kier alpha value is -2.42. The van der Waals surface area contributed by atoms with E-state index < -0.39 is 5.97 Å². The van der Waals surface area contributed by atoms with Crippen molar-refractivity contribution in [1.82, 2.24) is 0 Å². The molecular formula is C17H15FO2. The Kier molecular flexibility index (Phi) is 4.31. The molecular weight excluding hydrogens is 255 g/mol. The lowest BCUT2D eigenvalue weighted by Crippen LogP contribution is -2.03. The molecule has 0 aliphatic heterocycles. The normalized spacial score (nSPS) is 10.8. The number of aryl methyl sites for hydroxylation is 2. The number of ether oxygens (including phenoxy) is 1. The Morgan fingerprint density at radius 2 is 1.75 bits per heavy atom. The van der Waals surface area contributed by atoms with Gasteiger partial charge < -0.3 is 4.74 Å². The highest BCUT2D eigenvalue weighted by Gasteiger charge is 2.02. The van der Waals surface area contributed by atoms with Gasteiger partial charge >= 0.3 is 5.97 Å². The summed E-state index contributed by atoms with van der Waals surface area (Å²) in [4.78, 5) is 11.7. The summed E-state index contributed by atoms with van der Waals surface area (Å²) in [6.07, 6.45) is 2.91. The summed E-state index contributed by atoms with van der Waals surface area (Å²) in [6, 6.07) is 11.3. The Morgan fingerprint density at radius 3 is 2.40 bits per heavy atom. The predicted octanol–water partition coefficient (Wildman–Crippen LogP) is 4.06. The molecule has 3 heteroatoms. The van der Waals surface area contributed by atoms with Crippen LogP contribution >= 0.6 is 0 Å². The molecule has 0 heterocycles. The first-order valence-electron chi connectivity index (χ1n) is 6.27. The van der Waals surface area contributed by atoms with Crippen LogP contribution in [0.3, 0.4) is 0 Å². The smallest absolute Gasteiger partial charge is 0.336 e. The van der Waals surface area contributed by atoms with Gasteiger partial charge in [0.1, 0.15) is 11.6 Å². The standard InChI is InChI=1S/C17H15FO2/c1-12-3-9-16(11-13(12)2)20-17(19)10-6-14-4-7-15(18)8-5-14/h3-11H,1-2H3. The fraction of sp³-hybridized carbons (Fsp3) is 0.118. The molecule has 0 aromatic heterocycles. The average Bonchev–Trinajstić information content (AvgIpc) is 2.42. The van der Waals surface area contributed by atoms with Gasteiger partial charge in [-0.1, -0.05) is 18.2 Å². The van der Waals surface area contributed by atoms with Crippen LogP contribution in [0.15, 0.2) is 48.5 Å². The summed E-state index contributed by atoms with van der Waals surface area (Å²) in [5.41, 5.74) is 2.95. The van der Waals surface area contributed by atoms with Crippen LogP contribution < -0.4 is 4.74 Å². The maximum atomic E-state index is 12.7. The highest BCUT2D eigenvalue weighted by Crippen LogP contribution is 2.16. The van der Waals surface area contributed by atoms with Gasteiger partial charge in [0.2, 0.25) is 0 Å². The van der Waals surface area contributed by atoms with Crippen molar-refractivity contribution in [3.05, 3.63) is 71.0 Å². The topological polar surface area (TPSA) is 26.3 Å². The van der Waals surface area contributed by atoms with E-state index in [4.69, 9.17) is 4.74 Å². The fourth-order valence-corrected chi connectivity index (χ4v) is 1.67. The molecule has 102 valence electrons. The van der Waals surface area contributed by atoms with E-state index in [9.17, 15) is 9.18 Å². The Morgan fingerprint density at radius 1 is 1.05 bits per heavy atom. The Labute approximate surface area is 117 Å². The minimum atomic E-state index is -0.461. The molecule has 0 saturated carbocycles. The van der Waals surface area contributed by atoms with Gasteiger partial charge in [0.15, 0.2) is 0 Å². The maximum Gasteiger partial charge on any atom is 0.336 e. The first kappa shape index (κ1) is 14.0. The van der Waals surface area contributed by atoms with Gasteiger partial charge in [0.05, 0.1) is 0 Å². The lowest BCUT2D eigenvalue weighted by molar-refractivity contribution is -0.128. The number of hydrogen-bond donors (Lipinski definition) is 0. The van der Waals surface area contributed by atoms with Crippen molar-refractivity contribution in [1.29, 1.82) is 0 Å². The number of carbonyl (C=O) groups excluding carboxylic acids is 1. The summed E-state index contributed by atoms with van der Waals surface area (Å²) in [5, 5.41) is 0. The third kappa shape index (κ3) is 3.79. The zero-order chi connectivity index (χ0) is 14.5. The quantitative estimate of drug-likeness (QED) is 0.477. The summed E-state index contributed by atoms with van der Waals surface area (Å²) in [6.45, 7) is 3.95. The van der Waals surface area contributed by atoms with Gasteiger partial charge in [-0.15, -0.1) is 0 Å². The molecule has 20 heavy (non-hydrogen) atoms. The van der Waals surface area contributed by atoms with Crippen LogP contribution in [0.5, 0.6) is 5.75 Å². The fourth-order valence-electron chi connectivity index (χ4n) is 1.67. The average molecular weight is 270 g/mol. The van der Waals surface area contributed by atoms with Crippen LogP contribution in [0.2, 0.25) is 0 Å². The molecule has 2 aromatic rings. The third-order valence-electron chi connectivity index (χ3n) is 2.98. The molecule has 0 amide bonds. The molecule has 2 aromatic carbocycles. The lowest BCUT2D eigenvalue weighted by atomic mass is 10.1. The van der Waals surface area contributed by atoms with Crippen LogP contribution in [0.1, 0.15) is 16.7 Å². The van der Waals surface area contributed by atoms with Crippen LogP contribution in [0.4, 0.5) is 4.39 Å². The zero-order valence-corrected chi connectivity index (χ0v) is 11.4. The molecule has 2 nitrogen and oxygen atoms in total. The highest BCUT2D eigenvalue weighted by atomic mass is 19.1. The maximum absolute atomic E-state index is 12.7. The number of hydrogen-bond acceptors (Lipinski definition) is 2. The van der Waals surface area contributed by atoms with Gasteiger partial charge in [0, 0.05) is 6.08 Å². The van der Waals surface area contributed by atoms with Gasteiger partial charge in [0.25, 0.3) is 0 Å². The number of benzene rings is 2. The van der Waals surface area contributed by atoms with E-state index in [0.29, 0.717) is 5.75 Å². The van der Waals surface area contributed by atoms with E-state index in [0.717, 1.165) is 16.7 Å². The summed E-state index contributed by atoms with van der Waals surface area (Å²) >= 11 is 0. The van der Waals surface area contributed by atoms with E-state index in [1.165, 1.54) is 18.2 Å². The van der Waals surface area contributed by atoms with E-state index in [1.807, 2.05) is 26.0 Å². The molecule has 0 aliphatic rings. The first-order valence-corrected chi connectivity index (χ1v) is 6.27. The van der Waals surface area contributed by atoms with E-state index in [-0.39, 0.29) is 5.82 Å². The Bertz CT molecular complexity index is 643. The molecule has 0 radical (unpaired) electrons.